The minimum Gasteiger partial charge on any atom is -0.309 e. The third-order valence-corrected chi connectivity index (χ3v) is 14.1. The summed E-state index contributed by atoms with van der Waals surface area (Å²) in [6.07, 6.45) is 9.53. The van der Waals surface area contributed by atoms with Crippen molar-refractivity contribution in [3.05, 3.63) is 138 Å². The number of anilines is 3. The largest absolute Gasteiger partial charge is 0.309 e. The first-order valence-electron chi connectivity index (χ1n) is 19.1. The van der Waals surface area contributed by atoms with Crippen LogP contribution >= 0.6 is 0 Å². The van der Waals surface area contributed by atoms with Crippen LogP contribution in [0.1, 0.15) is 94.9 Å². The van der Waals surface area contributed by atoms with Crippen LogP contribution in [0.3, 0.4) is 0 Å². The van der Waals surface area contributed by atoms with E-state index in [1.54, 1.807) is 11.1 Å². The third kappa shape index (κ3) is 4.17. The summed E-state index contributed by atoms with van der Waals surface area (Å²) in [5.41, 5.74) is 16.0. The van der Waals surface area contributed by atoms with E-state index in [9.17, 15) is 0 Å². The molecule has 11 rings (SSSR count). The average molecular weight is 640 g/mol. The van der Waals surface area contributed by atoms with Gasteiger partial charge in [-0.3, -0.25) is 0 Å². The van der Waals surface area contributed by atoms with Crippen molar-refractivity contribution >= 4 is 17.1 Å². The van der Waals surface area contributed by atoms with Gasteiger partial charge in [0.1, 0.15) is 0 Å². The molecule has 0 unspecified atom stereocenters. The maximum Gasteiger partial charge on any atom is 0.0543 e. The molecule has 49 heavy (non-hydrogen) atoms. The van der Waals surface area contributed by atoms with Crippen molar-refractivity contribution in [2.45, 2.75) is 88.9 Å². The summed E-state index contributed by atoms with van der Waals surface area (Å²) in [5.74, 6) is 3.37. The summed E-state index contributed by atoms with van der Waals surface area (Å²) < 4.78 is 0. The number of benzene rings is 5. The second kappa shape index (κ2) is 10.5. The van der Waals surface area contributed by atoms with Crippen LogP contribution in [-0.2, 0) is 16.2 Å². The van der Waals surface area contributed by atoms with Crippen LogP contribution < -0.4 is 4.90 Å². The highest BCUT2D eigenvalue weighted by Crippen LogP contribution is 2.70. The zero-order valence-electron chi connectivity index (χ0n) is 29.7. The lowest BCUT2D eigenvalue weighted by Crippen LogP contribution is -2.55. The average Bonchev–Trinajstić information content (AvgIpc) is 3.41. The van der Waals surface area contributed by atoms with Gasteiger partial charge in [0.25, 0.3) is 0 Å². The van der Waals surface area contributed by atoms with E-state index < -0.39 is 0 Å². The van der Waals surface area contributed by atoms with Gasteiger partial charge in [0.15, 0.2) is 0 Å². The van der Waals surface area contributed by atoms with Crippen molar-refractivity contribution in [1.82, 2.24) is 0 Å². The van der Waals surface area contributed by atoms with Gasteiger partial charge in [0, 0.05) is 22.2 Å². The number of fused-ring (bicyclic) bond motifs is 4. The number of rotatable bonds is 4. The number of hydrogen-bond donors (Lipinski definition) is 0. The second-order valence-electron chi connectivity index (χ2n) is 17.6. The molecular weight excluding hydrogens is 591 g/mol. The molecule has 6 aliphatic rings. The third-order valence-electron chi connectivity index (χ3n) is 14.1. The lowest BCUT2D eigenvalue weighted by atomic mass is 9.43. The first kappa shape index (κ1) is 29.8. The van der Waals surface area contributed by atoms with Crippen LogP contribution in [0.25, 0.3) is 22.3 Å². The Bertz CT molecular complexity index is 2070. The number of hydrogen-bond acceptors (Lipinski definition) is 1. The van der Waals surface area contributed by atoms with E-state index in [0.29, 0.717) is 0 Å². The standard InChI is InChI=1S/C48H49N/c1-46(2)23-24-47(3,4)42-30-36(21-22-40(42)46)49(43-19-11-9-15-37(43)33-13-6-5-7-14-33)44-20-12-18-41-45(44)38-16-8-10-17-39(38)48(41)34-26-31-25-32(28-34)29-35(48)27-31/h5-22,30-32,34-35H,23-29H2,1-4H3. The Morgan fingerprint density at radius 1 is 0.490 bits per heavy atom. The summed E-state index contributed by atoms with van der Waals surface area (Å²) in [4.78, 5) is 2.64. The molecule has 4 saturated carbocycles. The van der Waals surface area contributed by atoms with Gasteiger partial charge in [-0.15, -0.1) is 0 Å². The lowest BCUT2D eigenvalue weighted by molar-refractivity contribution is -0.0399. The van der Waals surface area contributed by atoms with Crippen LogP contribution in [0, 0.1) is 23.7 Å². The summed E-state index contributed by atoms with van der Waals surface area (Å²) in [7, 11) is 0. The summed E-state index contributed by atoms with van der Waals surface area (Å²) >= 11 is 0. The molecule has 5 aromatic carbocycles. The quantitative estimate of drug-likeness (QED) is 0.189. The Balaban J connectivity index is 1.26. The van der Waals surface area contributed by atoms with E-state index >= 15 is 0 Å². The maximum atomic E-state index is 2.64. The Morgan fingerprint density at radius 2 is 1.08 bits per heavy atom. The molecule has 6 aliphatic carbocycles. The molecule has 0 amide bonds. The molecule has 1 spiro atoms. The zero-order chi connectivity index (χ0) is 33.1. The van der Waals surface area contributed by atoms with E-state index in [0.717, 1.165) is 23.7 Å². The Kier molecular flexibility index (Phi) is 6.36. The predicted molar refractivity (Wildman–Crippen MR) is 205 cm³/mol. The lowest BCUT2D eigenvalue weighted by Gasteiger charge is -2.61. The fraction of sp³-hybridized carbons (Fsp3) is 0.375. The van der Waals surface area contributed by atoms with Crippen LogP contribution in [0.15, 0.2) is 115 Å². The van der Waals surface area contributed by atoms with E-state index in [1.807, 2.05) is 0 Å². The van der Waals surface area contributed by atoms with Gasteiger partial charge in [-0.2, -0.15) is 0 Å². The molecule has 0 saturated heterocycles. The molecule has 0 atom stereocenters. The molecule has 246 valence electrons. The highest BCUT2D eigenvalue weighted by atomic mass is 15.1. The van der Waals surface area contributed by atoms with Crippen LogP contribution in [0.2, 0.25) is 0 Å². The minimum absolute atomic E-state index is 0.126. The van der Waals surface area contributed by atoms with Gasteiger partial charge in [0.05, 0.1) is 11.4 Å². The monoisotopic (exact) mass is 639 g/mol. The van der Waals surface area contributed by atoms with Gasteiger partial charge in [-0.25, -0.2) is 0 Å². The SMILES string of the molecule is CC1(C)CCC(C)(C)c2cc(N(c3ccccc3-c3ccccc3)c3cccc4c3-c3ccccc3C43C4CC5CC(C4)CC3C5)ccc21. The van der Waals surface area contributed by atoms with Gasteiger partial charge in [-0.1, -0.05) is 119 Å². The summed E-state index contributed by atoms with van der Waals surface area (Å²) in [6.45, 7) is 9.79. The zero-order valence-corrected chi connectivity index (χ0v) is 29.7. The van der Waals surface area contributed by atoms with Gasteiger partial charge in [-0.05, 0) is 137 Å². The van der Waals surface area contributed by atoms with E-state index in [-0.39, 0.29) is 16.2 Å². The smallest absolute Gasteiger partial charge is 0.0543 e. The van der Waals surface area contributed by atoms with Gasteiger partial charge in [0.2, 0.25) is 0 Å². The van der Waals surface area contributed by atoms with Crippen molar-refractivity contribution < 1.29 is 0 Å². The topological polar surface area (TPSA) is 3.24 Å². The number of nitrogens with zero attached hydrogens (tertiary/aromatic N) is 1. The van der Waals surface area contributed by atoms with E-state index in [1.165, 1.54) is 95.4 Å². The fourth-order valence-electron chi connectivity index (χ4n) is 12.0. The molecule has 4 bridgehead atoms. The predicted octanol–water partition coefficient (Wildman–Crippen LogP) is 12.9. The molecule has 0 aromatic heterocycles. The Morgan fingerprint density at radius 3 is 1.82 bits per heavy atom. The minimum atomic E-state index is 0.126. The van der Waals surface area contributed by atoms with Crippen LogP contribution in [0.5, 0.6) is 0 Å². The van der Waals surface area contributed by atoms with Crippen molar-refractivity contribution in [3.63, 3.8) is 0 Å². The molecule has 0 heterocycles. The molecule has 4 fully saturated rings. The van der Waals surface area contributed by atoms with E-state index in [2.05, 4.69) is 148 Å². The molecule has 0 radical (unpaired) electrons. The molecular formula is C48H49N. The molecule has 1 nitrogen and oxygen atoms in total. The van der Waals surface area contributed by atoms with Gasteiger partial charge >= 0.3 is 0 Å². The van der Waals surface area contributed by atoms with Crippen LogP contribution in [-0.4, -0.2) is 0 Å². The maximum absolute atomic E-state index is 2.64. The first-order valence-corrected chi connectivity index (χ1v) is 19.1. The fourth-order valence-corrected chi connectivity index (χ4v) is 12.0. The van der Waals surface area contributed by atoms with Crippen molar-refractivity contribution in [2.24, 2.45) is 23.7 Å². The van der Waals surface area contributed by atoms with Crippen LogP contribution in [0.4, 0.5) is 17.1 Å². The molecule has 5 aromatic rings. The summed E-state index contributed by atoms with van der Waals surface area (Å²) in [6, 6.07) is 44.6. The normalized spacial score (nSPS) is 27.8. The molecule has 0 aliphatic heterocycles. The number of para-hydroxylation sites is 1. The second-order valence-corrected chi connectivity index (χ2v) is 17.6. The summed E-state index contributed by atoms with van der Waals surface area (Å²) in [5, 5.41) is 0. The molecule has 0 N–H and O–H groups in total. The van der Waals surface area contributed by atoms with Crippen molar-refractivity contribution in [3.8, 4) is 22.3 Å². The Hall–Kier alpha value is -4.10. The van der Waals surface area contributed by atoms with Crippen molar-refractivity contribution in [2.75, 3.05) is 4.90 Å². The van der Waals surface area contributed by atoms with Crippen molar-refractivity contribution in [1.29, 1.82) is 0 Å². The first-order chi connectivity index (χ1) is 23.8. The Labute approximate surface area is 293 Å². The highest BCUT2D eigenvalue weighted by molar-refractivity contribution is 5.98. The highest BCUT2D eigenvalue weighted by Gasteiger charge is 2.62. The van der Waals surface area contributed by atoms with E-state index in [4.69, 9.17) is 0 Å². The molecule has 1 heteroatoms. The van der Waals surface area contributed by atoms with Gasteiger partial charge < -0.3 is 4.90 Å².